The number of pyridine rings is 1. The molecular weight excluding hydrogens is 170 g/mol. The van der Waals surface area contributed by atoms with Crippen molar-refractivity contribution < 1.29 is 0 Å². The molecule has 1 aromatic heterocycles. The van der Waals surface area contributed by atoms with Crippen molar-refractivity contribution in [1.82, 2.24) is 4.98 Å². The summed E-state index contributed by atoms with van der Waals surface area (Å²) in [5.41, 5.74) is 1.90. The lowest BCUT2D eigenvalue weighted by molar-refractivity contribution is 0.669. The molecule has 0 spiro atoms. The summed E-state index contributed by atoms with van der Waals surface area (Å²) >= 11 is 0. The van der Waals surface area contributed by atoms with Gasteiger partial charge in [-0.1, -0.05) is 19.8 Å². The summed E-state index contributed by atoms with van der Waals surface area (Å²) in [6, 6.07) is 4.00. The zero-order valence-corrected chi connectivity index (χ0v) is 9.76. The normalized spacial score (nSPS) is 9.71. The first-order chi connectivity index (χ1) is 6.56. The molecule has 0 aliphatic carbocycles. The topological polar surface area (TPSA) is 12.9 Å². The van der Waals surface area contributed by atoms with Crippen molar-refractivity contribution in [3.63, 3.8) is 0 Å². The Hall–Kier alpha value is -1.29. The molecule has 14 heavy (non-hydrogen) atoms. The van der Waals surface area contributed by atoms with Gasteiger partial charge in [0.1, 0.15) is 0 Å². The third-order valence-electron chi connectivity index (χ3n) is 1.92. The van der Waals surface area contributed by atoms with E-state index in [0.29, 0.717) is 0 Å². The molecule has 0 radical (unpaired) electrons. The van der Waals surface area contributed by atoms with Gasteiger partial charge in [-0.3, -0.25) is 4.98 Å². The Morgan fingerprint density at radius 3 is 2.36 bits per heavy atom. The minimum Gasteiger partial charge on any atom is -0.260 e. The van der Waals surface area contributed by atoms with Gasteiger partial charge >= 0.3 is 0 Å². The average molecular weight is 189 g/mol. The molecule has 0 fully saturated rings. The Morgan fingerprint density at radius 1 is 1.36 bits per heavy atom. The molecule has 0 aliphatic heterocycles. The van der Waals surface area contributed by atoms with E-state index in [2.05, 4.69) is 10.9 Å². The van der Waals surface area contributed by atoms with Gasteiger partial charge in [-0.05, 0) is 38.5 Å². The van der Waals surface area contributed by atoms with E-state index in [9.17, 15) is 0 Å². The fourth-order valence-electron chi connectivity index (χ4n) is 0.952. The summed E-state index contributed by atoms with van der Waals surface area (Å²) in [4.78, 5) is 4.24. The van der Waals surface area contributed by atoms with Gasteiger partial charge < -0.3 is 0 Å². The van der Waals surface area contributed by atoms with E-state index >= 15 is 0 Å². The molecule has 1 heteroatoms. The minimum atomic E-state index is -0.258. The number of hydrogen-bond acceptors (Lipinski definition) is 1. The fourth-order valence-corrected chi connectivity index (χ4v) is 0.952. The molecule has 76 valence electrons. The Labute approximate surface area is 87.6 Å². The maximum atomic E-state index is 5.40. The highest BCUT2D eigenvalue weighted by Crippen LogP contribution is 2.19. The maximum absolute atomic E-state index is 5.40. The smallest absolute Gasteiger partial charge is 0.0675 e. The molecule has 0 atom stereocenters. The fraction of sp³-hybridized carbons (Fsp3) is 0.462. The number of hydrogen-bond donors (Lipinski definition) is 0. The Balaban J connectivity index is 0.000000791. The Morgan fingerprint density at radius 2 is 1.93 bits per heavy atom. The van der Waals surface area contributed by atoms with Gasteiger partial charge in [-0.2, -0.15) is 0 Å². The molecular formula is C13H19N. The van der Waals surface area contributed by atoms with Gasteiger partial charge in [0.05, 0.1) is 11.1 Å². The minimum absolute atomic E-state index is 0.258. The van der Waals surface area contributed by atoms with Crippen molar-refractivity contribution in [2.24, 2.45) is 0 Å². The van der Waals surface area contributed by atoms with Crippen LogP contribution in [0.25, 0.3) is 0 Å². The van der Waals surface area contributed by atoms with Gasteiger partial charge in [0.15, 0.2) is 0 Å². The lowest BCUT2D eigenvalue weighted by Gasteiger charge is -2.16. The molecule has 1 rings (SSSR count). The van der Waals surface area contributed by atoms with Crippen LogP contribution in [0.2, 0.25) is 0 Å². The van der Waals surface area contributed by atoms with Crippen LogP contribution >= 0.6 is 0 Å². The molecule has 0 aliphatic rings. The highest BCUT2D eigenvalue weighted by atomic mass is 14.7. The van der Waals surface area contributed by atoms with Crippen molar-refractivity contribution >= 4 is 0 Å². The zero-order valence-electron chi connectivity index (χ0n) is 9.76. The molecule has 0 saturated carbocycles. The summed E-state index contributed by atoms with van der Waals surface area (Å²) in [7, 11) is 0. The third-order valence-corrected chi connectivity index (χ3v) is 1.92. The molecule has 0 bridgehead atoms. The summed E-state index contributed by atoms with van der Waals surface area (Å²) < 4.78 is 0. The van der Waals surface area contributed by atoms with E-state index in [1.54, 1.807) is 6.20 Å². The Kier molecular flexibility index (Phi) is 4.94. The van der Waals surface area contributed by atoms with Crippen LogP contribution in [-0.4, -0.2) is 4.98 Å². The van der Waals surface area contributed by atoms with E-state index in [-0.39, 0.29) is 5.41 Å². The van der Waals surface area contributed by atoms with E-state index < -0.39 is 0 Å². The summed E-state index contributed by atoms with van der Waals surface area (Å²) in [6.07, 6.45) is 7.19. The quantitative estimate of drug-likeness (QED) is 0.617. The van der Waals surface area contributed by atoms with E-state index in [4.69, 9.17) is 6.42 Å². The predicted octanol–water partition coefficient (Wildman–Crippen LogP) is 3.33. The van der Waals surface area contributed by atoms with Gasteiger partial charge in [0.2, 0.25) is 0 Å². The van der Waals surface area contributed by atoms with Crippen molar-refractivity contribution in [2.75, 3.05) is 0 Å². The first-order valence-corrected chi connectivity index (χ1v) is 4.97. The summed E-state index contributed by atoms with van der Waals surface area (Å²) in [6.45, 7) is 10.0. The van der Waals surface area contributed by atoms with Crippen LogP contribution in [-0.2, 0) is 5.41 Å². The number of terminal acetylenes is 1. The molecule has 1 heterocycles. The zero-order chi connectivity index (χ0) is 11.2. The van der Waals surface area contributed by atoms with Crippen LogP contribution in [0.5, 0.6) is 0 Å². The van der Waals surface area contributed by atoms with E-state index in [1.165, 1.54) is 5.56 Å². The van der Waals surface area contributed by atoms with Crippen molar-refractivity contribution in [3.8, 4) is 12.3 Å². The van der Waals surface area contributed by atoms with Crippen LogP contribution in [0, 0.1) is 19.3 Å². The highest BCUT2D eigenvalue weighted by Gasteiger charge is 2.18. The van der Waals surface area contributed by atoms with Gasteiger partial charge in [-0.15, -0.1) is 6.42 Å². The second-order valence-corrected chi connectivity index (χ2v) is 3.49. The largest absolute Gasteiger partial charge is 0.260 e. The number of nitrogens with zero attached hydrogens (tertiary/aromatic N) is 1. The molecule has 0 unspecified atom stereocenters. The predicted molar refractivity (Wildman–Crippen MR) is 62.2 cm³/mol. The van der Waals surface area contributed by atoms with Gasteiger partial charge in [0.25, 0.3) is 0 Å². The Bertz CT molecular complexity index is 318. The van der Waals surface area contributed by atoms with Crippen molar-refractivity contribution in [1.29, 1.82) is 0 Å². The third kappa shape index (κ3) is 3.22. The first-order valence-electron chi connectivity index (χ1n) is 4.97. The highest BCUT2D eigenvalue weighted by molar-refractivity contribution is 5.28. The van der Waals surface area contributed by atoms with Crippen LogP contribution in [0.4, 0.5) is 0 Å². The second kappa shape index (κ2) is 5.44. The average Bonchev–Trinajstić information content (AvgIpc) is 2.21. The van der Waals surface area contributed by atoms with Crippen LogP contribution in [0.15, 0.2) is 18.3 Å². The van der Waals surface area contributed by atoms with Crippen molar-refractivity contribution in [3.05, 3.63) is 29.6 Å². The first kappa shape index (κ1) is 12.7. The second-order valence-electron chi connectivity index (χ2n) is 3.49. The van der Waals surface area contributed by atoms with E-state index in [0.717, 1.165) is 5.69 Å². The van der Waals surface area contributed by atoms with Crippen molar-refractivity contribution in [2.45, 2.75) is 40.0 Å². The molecule has 1 aromatic rings. The molecule has 1 nitrogen and oxygen atoms in total. The van der Waals surface area contributed by atoms with Crippen LogP contribution in [0.1, 0.15) is 39.0 Å². The lowest BCUT2D eigenvalue weighted by Crippen LogP contribution is -2.15. The standard InChI is InChI=1S/C11H13N.C2H6/c1-5-11(3,4)10-8-9(2)6-7-12-10;1-2/h1,6-8H,2-4H3;1-2H3. The van der Waals surface area contributed by atoms with Gasteiger partial charge in [0, 0.05) is 6.20 Å². The number of aromatic nitrogens is 1. The maximum Gasteiger partial charge on any atom is 0.0675 e. The molecule has 0 amide bonds. The summed E-state index contributed by atoms with van der Waals surface area (Å²) in [5, 5.41) is 0. The molecule has 0 aromatic carbocycles. The van der Waals surface area contributed by atoms with Crippen LogP contribution < -0.4 is 0 Å². The molecule has 0 saturated heterocycles. The molecule has 0 N–H and O–H groups in total. The SMILES string of the molecule is C#CC(C)(C)c1cc(C)ccn1.CC. The van der Waals surface area contributed by atoms with E-state index in [1.807, 2.05) is 46.8 Å². The lowest BCUT2D eigenvalue weighted by atomic mass is 9.89. The number of rotatable bonds is 1. The van der Waals surface area contributed by atoms with Crippen LogP contribution in [0.3, 0.4) is 0 Å². The summed E-state index contributed by atoms with van der Waals surface area (Å²) in [5.74, 6) is 2.72. The van der Waals surface area contributed by atoms with Gasteiger partial charge in [-0.25, -0.2) is 0 Å². The number of aryl methyl sites for hydroxylation is 1. The monoisotopic (exact) mass is 189 g/mol.